The smallest absolute Gasteiger partial charge is 0.334 e. The molecule has 0 amide bonds. The van der Waals surface area contributed by atoms with Gasteiger partial charge in [-0.1, -0.05) is 11.6 Å². The van der Waals surface area contributed by atoms with Crippen molar-refractivity contribution in [1.29, 1.82) is 0 Å². The molecule has 5 heteroatoms. The lowest BCUT2D eigenvalue weighted by Crippen LogP contribution is -2.45. The van der Waals surface area contributed by atoms with Crippen molar-refractivity contribution in [3.8, 4) is 0 Å². The highest BCUT2D eigenvalue weighted by Gasteiger charge is 2.42. The Morgan fingerprint density at radius 2 is 2.00 bits per heavy atom. The van der Waals surface area contributed by atoms with Gasteiger partial charge >= 0.3 is 5.97 Å². The van der Waals surface area contributed by atoms with Gasteiger partial charge in [-0.3, -0.25) is 4.79 Å². The van der Waals surface area contributed by atoms with Crippen molar-refractivity contribution in [2.75, 3.05) is 13.7 Å². The highest BCUT2D eigenvalue weighted by atomic mass is 35.5. The molecule has 0 bridgehead atoms. The monoisotopic (exact) mass is 222 g/mol. The molecule has 0 aromatic heterocycles. The third-order valence-electron chi connectivity index (χ3n) is 1.84. The summed E-state index contributed by atoms with van der Waals surface area (Å²) in [7, 11) is 1.38. The summed E-state index contributed by atoms with van der Waals surface area (Å²) in [4.78, 5) is 21.2. The van der Waals surface area contributed by atoms with Crippen molar-refractivity contribution >= 4 is 23.4 Å². The van der Waals surface area contributed by atoms with E-state index in [1.165, 1.54) is 21.0 Å². The molecule has 0 rings (SSSR count). The fourth-order valence-corrected chi connectivity index (χ4v) is 1.06. The van der Waals surface area contributed by atoms with Crippen LogP contribution in [0, 0.1) is 0 Å². The molecule has 82 valence electrons. The fourth-order valence-electron chi connectivity index (χ4n) is 0.856. The van der Waals surface area contributed by atoms with Gasteiger partial charge in [0, 0.05) is 7.11 Å². The third kappa shape index (κ3) is 2.96. The number of carbonyl (C=O) groups is 2. The van der Waals surface area contributed by atoms with E-state index in [9.17, 15) is 9.59 Å². The van der Waals surface area contributed by atoms with E-state index in [1.54, 1.807) is 6.92 Å². The zero-order valence-electron chi connectivity index (χ0n) is 8.80. The average molecular weight is 223 g/mol. The Morgan fingerprint density at radius 3 is 2.36 bits per heavy atom. The molecule has 0 aliphatic carbocycles. The van der Waals surface area contributed by atoms with Crippen LogP contribution in [0.15, 0.2) is 0 Å². The summed E-state index contributed by atoms with van der Waals surface area (Å²) in [5.41, 5.74) is 0. The van der Waals surface area contributed by atoms with Gasteiger partial charge in [0.2, 0.25) is 0 Å². The number of ketones is 1. The second kappa shape index (κ2) is 5.32. The number of rotatable bonds is 5. The first kappa shape index (κ1) is 13.4. The summed E-state index contributed by atoms with van der Waals surface area (Å²) in [6, 6.07) is 0. The SMILES string of the molecule is CCOC(=O)C(C)(Cl)C(=O)[C@H](C)OC. The molecule has 0 saturated carbocycles. The van der Waals surface area contributed by atoms with Gasteiger partial charge < -0.3 is 9.47 Å². The molecule has 0 aliphatic rings. The van der Waals surface area contributed by atoms with Gasteiger partial charge in [-0.2, -0.15) is 0 Å². The van der Waals surface area contributed by atoms with Crippen LogP contribution < -0.4 is 0 Å². The van der Waals surface area contributed by atoms with E-state index in [0.717, 1.165) is 0 Å². The molecule has 0 spiro atoms. The number of hydrogen-bond acceptors (Lipinski definition) is 4. The summed E-state index contributed by atoms with van der Waals surface area (Å²) in [5.74, 6) is -1.24. The van der Waals surface area contributed by atoms with Gasteiger partial charge in [0.05, 0.1) is 6.61 Å². The summed E-state index contributed by atoms with van der Waals surface area (Å²) in [5, 5.41) is 0. The maximum Gasteiger partial charge on any atom is 0.334 e. The topological polar surface area (TPSA) is 52.6 Å². The van der Waals surface area contributed by atoms with E-state index < -0.39 is 22.7 Å². The van der Waals surface area contributed by atoms with Crippen LogP contribution in [0.4, 0.5) is 0 Å². The van der Waals surface area contributed by atoms with E-state index in [-0.39, 0.29) is 6.61 Å². The zero-order valence-corrected chi connectivity index (χ0v) is 9.55. The van der Waals surface area contributed by atoms with Crippen LogP contribution in [0.2, 0.25) is 0 Å². The van der Waals surface area contributed by atoms with Crippen molar-refractivity contribution in [2.24, 2.45) is 0 Å². The van der Waals surface area contributed by atoms with Gasteiger partial charge in [-0.05, 0) is 20.8 Å². The van der Waals surface area contributed by atoms with Gasteiger partial charge in [-0.25, -0.2) is 4.79 Å². The predicted octanol–water partition coefficient (Wildman–Crippen LogP) is 1.15. The van der Waals surface area contributed by atoms with Crippen molar-refractivity contribution < 1.29 is 19.1 Å². The number of halogens is 1. The van der Waals surface area contributed by atoms with Gasteiger partial charge in [0.25, 0.3) is 0 Å². The van der Waals surface area contributed by atoms with Crippen LogP contribution >= 0.6 is 11.6 Å². The fraction of sp³-hybridized carbons (Fsp3) is 0.778. The highest BCUT2D eigenvalue weighted by molar-refractivity contribution is 6.45. The second-order valence-electron chi connectivity index (χ2n) is 2.97. The van der Waals surface area contributed by atoms with Crippen LogP contribution in [0.5, 0.6) is 0 Å². The molecule has 0 fully saturated rings. The number of carbonyl (C=O) groups excluding carboxylic acids is 2. The molecular weight excluding hydrogens is 208 g/mol. The lowest BCUT2D eigenvalue weighted by molar-refractivity contribution is -0.151. The molecule has 0 radical (unpaired) electrons. The van der Waals surface area contributed by atoms with Crippen LogP contribution in [0.25, 0.3) is 0 Å². The molecule has 0 aliphatic heterocycles. The summed E-state index contributed by atoms with van der Waals surface area (Å²) in [6.07, 6.45) is -0.720. The van der Waals surface area contributed by atoms with Gasteiger partial charge in [-0.15, -0.1) is 0 Å². The molecule has 0 heterocycles. The number of esters is 1. The zero-order chi connectivity index (χ0) is 11.4. The largest absolute Gasteiger partial charge is 0.464 e. The minimum Gasteiger partial charge on any atom is -0.464 e. The first-order valence-corrected chi connectivity index (χ1v) is 4.69. The Hall–Kier alpha value is -0.610. The Balaban J connectivity index is 4.60. The highest BCUT2D eigenvalue weighted by Crippen LogP contribution is 2.20. The Labute approximate surface area is 88.5 Å². The lowest BCUT2D eigenvalue weighted by Gasteiger charge is -2.21. The number of hydrogen-bond donors (Lipinski definition) is 0. The number of methoxy groups -OCH3 is 1. The Kier molecular flexibility index (Phi) is 5.08. The quantitative estimate of drug-likeness (QED) is 0.398. The molecule has 0 aromatic rings. The molecule has 2 atom stereocenters. The van der Waals surface area contributed by atoms with Crippen molar-refractivity contribution in [2.45, 2.75) is 31.7 Å². The number of ether oxygens (including phenoxy) is 2. The number of Topliss-reactive ketones (excluding diaryl/α,β-unsaturated/α-hetero) is 1. The maximum atomic E-state index is 11.6. The van der Waals surface area contributed by atoms with Crippen LogP contribution in [-0.4, -0.2) is 36.4 Å². The van der Waals surface area contributed by atoms with Crippen LogP contribution in [0.1, 0.15) is 20.8 Å². The van der Waals surface area contributed by atoms with Gasteiger partial charge in [0.1, 0.15) is 6.10 Å². The standard InChI is InChI=1S/C9H15ClO4/c1-5-14-8(12)9(3,10)7(11)6(2)13-4/h6H,5H2,1-4H3/t6-,9?/m0/s1. The maximum absolute atomic E-state index is 11.6. The van der Waals surface area contributed by atoms with E-state index >= 15 is 0 Å². The lowest BCUT2D eigenvalue weighted by atomic mass is 10.0. The van der Waals surface area contributed by atoms with E-state index in [1.807, 2.05) is 0 Å². The predicted molar refractivity (Wildman–Crippen MR) is 52.4 cm³/mol. The van der Waals surface area contributed by atoms with Crippen LogP contribution in [0.3, 0.4) is 0 Å². The van der Waals surface area contributed by atoms with Crippen molar-refractivity contribution in [3.05, 3.63) is 0 Å². The van der Waals surface area contributed by atoms with Crippen LogP contribution in [-0.2, 0) is 19.1 Å². The normalized spacial score (nSPS) is 16.9. The molecule has 0 N–H and O–H groups in total. The molecule has 0 aromatic carbocycles. The molecule has 1 unspecified atom stereocenters. The summed E-state index contributed by atoms with van der Waals surface area (Å²) in [6.45, 7) is 4.68. The summed E-state index contributed by atoms with van der Waals surface area (Å²) >= 11 is 5.79. The minimum atomic E-state index is -1.66. The third-order valence-corrected chi connectivity index (χ3v) is 2.18. The molecule has 0 saturated heterocycles. The number of alkyl halides is 1. The van der Waals surface area contributed by atoms with Gasteiger partial charge in [0.15, 0.2) is 10.7 Å². The molecule has 14 heavy (non-hydrogen) atoms. The van der Waals surface area contributed by atoms with E-state index in [0.29, 0.717) is 0 Å². The Morgan fingerprint density at radius 1 is 1.50 bits per heavy atom. The van der Waals surface area contributed by atoms with E-state index in [2.05, 4.69) is 4.74 Å². The second-order valence-corrected chi connectivity index (χ2v) is 3.72. The van der Waals surface area contributed by atoms with E-state index in [4.69, 9.17) is 16.3 Å². The first-order chi connectivity index (χ1) is 6.37. The van der Waals surface area contributed by atoms with Crippen molar-refractivity contribution in [1.82, 2.24) is 0 Å². The molecular formula is C9H15ClO4. The Bertz CT molecular complexity index is 225. The molecule has 4 nitrogen and oxygen atoms in total. The average Bonchev–Trinajstić information content (AvgIpc) is 2.15. The minimum absolute atomic E-state index is 0.190. The summed E-state index contributed by atoms with van der Waals surface area (Å²) < 4.78 is 9.46. The van der Waals surface area contributed by atoms with Crippen molar-refractivity contribution in [3.63, 3.8) is 0 Å². The first-order valence-electron chi connectivity index (χ1n) is 4.31.